The van der Waals surface area contributed by atoms with Gasteiger partial charge in [0.2, 0.25) is 0 Å². The minimum atomic E-state index is -5.08. The van der Waals surface area contributed by atoms with Gasteiger partial charge in [-0.1, -0.05) is 0 Å². The van der Waals surface area contributed by atoms with E-state index in [0.717, 1.165) is 25.9 Å². The third-order valence-corrected chi connectivity index (χ3v) is 2.55. The van der Waals surface area contributed by atoms with E-state index in [4.69, 9.17) is 9.90 Å². The van der Waals surface area contributed by atoms with Crippen molar-refractivity contribution in [3.63, 3.8) is 0 Å². The number of hydrogen-bond donors (Lipinski definition) is 3. The van der Waals surface area contributed by atoms with Gasteiger partial charge >= 0.3 is 12.1 Å². The summed E-state index contributed by atoms with van der Waals surface area (Å²) in [6, 6.07) is 0. The Labute approximate surface area is 84.1 Å². The SMILES string of the molecule is O=C(O)C(F)(F)F.OC1(C2CNC2)CC1. The zero-order chi connectivity index (χ0) is 11.7. The van der Waals surface area contributed by atoms with E-state index in [9.17, 15) is 18.3 Å². The molecule has 1 aliphatic carbocycles. The number of alkyl halides is 3. The third-order valence-electron chi connectivity index (χ3n) is 2.55. The van der Waals surface area contributed by atoms with Crippen LogP contribution in [0.15, 0.2) is 0 Å². The Kier molecular flexibility index (Phi) is 3.25. The molecule has 1 heterocycles. The Hall–Kier alpha value is -0.820. The second kappa shape index (κ2) is 3.97. The summed E-state index contributed by atoms with van der Waals surface area (Å²) in [6.45, 7) is 2.08. The van der Waals surface area contributed by atoms with E-state index in [2.05, 4.69) is 5.32 Å². The van der Waals surface area contributed by atoms with Crippen molar-refractivity contribution >= 4 is 5.97 Å². The molecular weight excluding hydrogens is 215 g/mol. The van der Waals surface area contributed by atoms with Crippen molar-refractivity contribution in [3.05, 3.63) is 0 Å². The van der Waals surface area contributed by atoms with Crippen LogP contribution in [0.25, 0.3) is 0 Å². The van der Waals surface area contributed by atoms with Gasteiger partial charge in [0.15, 0.2) is 0 Å². The fourth-order valence-electron chi connectivity index (χ4n) is 1.20. The summed E-state index contributed by atoms with van der Waals surface area (Å²) in [4.78, 5) is 8.90. The predicted molar refractivity (Wildman–Crippen MR) is 44.2 cm³/mol. The lowest BCUT2D eigenvalue weighted by Crippen LogP contribution is -2.49. The summed E-state index contributed by atoms with van der Waals surface area (Å²) >= 11 is 0. The molecule has 1 saturated carbocycles. The van der Waals surface area contributed by atoms with Gasteiger partial charge in [0.05, 0.1) is 5.60 Å². The summed E-state index contributed by atoms with van der Waals surface area (Å²) in [6.07, 6.45) is -3.00. The van der Waals surface area contributed by atoms with Crippen LogP contribution >= 0.6 is 0 Å². The number of aliphatic carboxylic acids is 1. The van der Waals surface area contributed by atoms with Crippen molar-refractivity contribution < 1.29 is 28.2 Å². The number of carboxylic acid groups (broad SMARTS) is 1. The molecule has 15 heavy (non-hydrogen) atoms. The lowest BCUT2D eigenvalue weighted by atomic mass is 9.94. The number of carboxylic acids is 1. The molecule has 4 nitrogen and oxygen atoms in total. The molecule has 2 aliphatic rings. The van der Waals surface area contributed by atoms with E-state index in [-0.39, 0.29) is 5.60 Å². The smallest absolute Gasteiger partial charge is 0.475 e. The van der Waals surface area contributed by atoms with Gasteiger partial charge in [0.25, 0.3) is 0 Å². The van der Waals surface area contributed by atoms with Crippen LogP contribution in [0.1, 0.15) is 12.8 Å². The minimum absolute atomic E-state index is 0.217. The molecule has 0 aromatic heterocycles. The maximum Gasteiger partial charge on any atom is 0.490 e. The first-order valence-corrected chi connectivity index (χ1v) is 4.49. The number of nitrogens with one attached hydrogen (secondary N) is 1. The van der Waals surface area contributed by atoms with Crippen molar-refractivity contribution in [2.75, 3.05) is 13.1 Å². The monoisotopic (exact) mass is 227 g/mol. The highest BCUT2D eigenvalue weighted by atomic mass is 19.4. The Morgan fingerprint density at radius 2 is 1.73 bits per heavy atom. The highest BCUT2D eigenvalue weighted by molar-refractivity contribution is 5.73. The minimum Gasteiger partial charge on any atom is -0.475 e. The second-order valence-electron chi connectivity index (χ2n) is 3.76. The van der Waals surface area contributed by atoms with Gasteiger partial charge in [-0.05, 0) is 12.8 Å². The molecule has 1 aliphatic heterocycles. The maximum absolute atomic E-state index is 10.6. The summed E-state index contributed by atoms with van der Waals surface area (Å²) in [5, 5.41) is 19.7. The van der Waals surface area contributed by atoms with E-state index in [1.54, 1.807) is 0 Å². The predicted octanol–water partition coefficient (Wildman–Crippen LogP) is 0.364. The van der Waals surface area contributed by atoms with Crippen LogP contribution < -0.4 is 5.32 Å². The number of hydrogen-bond acceptors (Lipinski definition) is 3. The molecule has 2 rings (SSSR count). The standard InChI is InChI=1S/C6H11NO.C2HF3O2/c8-6(1-2-6)5-3-7-4-5;3-2(4,5)1(6)7/h5,7-8H,1-4H2;(H,6,7). The topological polar surface area (TPSA) is 69.6 Å². The Balaban J connectivity index is 0.000000153. The Bertz CT molecular complexity index is 246. The molecule has 88 valence electrons. The van der Waals surface area contributed by atoms with Crippen LogP contribution in [0.5, 0.6) is 0 Å². The molecule has 7 heteroatoms. The molecule has 3 N–H and O–H groups in total. The van der Waals surface area contributed by atoms with Crippen LogP contribution in [-0.4, -0.2) is 41.0 Å². The number of rotatable bonds is 1. The summed E-state index contributed by atoms with van der Waals surface area (Å²) in [5.74, 6) is -2.17. The van der Waals surface area contributed by atoms with Gasteiger partial charge in [0.1, 0.15) is 0 Å². The molecule has 1 saturated heterocycles. The lowest BCUT2D eigenvalue weighted by molar-refractivity contribution is -0.192. The number of aliphatic hydroxyl groups is 1. The van der Waals surface area contributed by atoms with Crippen molar-refractivity contribution in [1.29, 1.82) is 0 Å². The van der Waals surface area contributed by atoms with E-state index >= 15 is 0 Å². The van der Waals surface area contributed by atoms with E-state index in [1.807, 2.05) is 0 Å². The normalized spacial score (nSPS) is 23.5. The molecule has 2 fully saturated rings. The van der Waals surface area contributed by atoms with Crippen LogP contribution in [0, 0.1) is 5.92 Å². The van der Waals surface area contributed by atoms with Crippen LogP contribution in [0.2, 0.25) is 0 Å². The molecule has 0 atom stereocenters. The first-order chi connectivity index (χ1) is 6.76. The Morgan fingerprint density at radius 1 is 1.33 bits per heavy atom. The summed E-state index contributed by atoms with van der Waals surface area (Å²) in [5.41, 5.74) is -0.217. The molecule has 0 aromatic carbocycles. The zero-order valence-corrected chi connectivity index (χ0v) is 7.84. The van der Waals surface area contributed by atoms with Gasteiger partial charge < -0.3 is 15.5 Å². The second-order valence-corrected chi connectivity index (χ2v) is 3.76. The molecule has 0 radical (unpaired) electrons. The van der Waals surface area contributed by atoms with E-state index in [1.165, 1.54) is 0 Å². The largest absolute Gasteiger partial charge is 0.490 e. The number of carbonyl (C=O) groups is 1. The molecule has 0 amide bonds. The van der Waals surface area contributed by atoms with Crippen LogP contribution in [0.3, 0.4) is 0 Å². The molecular formula is C8H12F3NO3. The average molecular weight is 227 g/mol. The zero-order valence-electron chi connectivity index (χ0n) is 7.84. The van der Waals surface area contributed by atoms with Crippen molar-refractivity contribution in [2.45, 2.75) is 24.6 Å². The van der Waals surface area contributed by atoms with Crippen LogP contribution in [-0.2, 0) is 4.79 Å². The summed E-state index contributed by atoms with van der Waals surface area (Å²) < 4.78 is 31.7. The molecule has 0 aromatic rings. The fourth-order valence-corrected chi connectivity index (χ4v) is 1.20. The van der Waals surface area contributed by atoms with Crippen molar-refractivity contribution in [3.8, 4) is 0 Å². The maximum atomic E-state index is 10.6. The van der Waals surface area contributed by atoms with E-state index in [0.29, 0.717) is 5.92 Å². The van der Waals surface area contributed by atoms with Gasteiger partial charge in [-0.2, -0.15) is 13.2 Å². The highest BCUT2D eigenvalue weighted by Crippen LogP contribution is 2.43. The van der Waals surface area contributed by atoms with E-state index < -0.39 is 12.1 Å². The lowest BCUT2D eigenvalue weighted by Gasteiger charge is -2.31. The Morgan fingerprint density at radius 3 is 1.80 bits per heavy atom. The van der Waals surface area contributed by atoms with Gasteiger partial charge in [-0.3, -0.25) is 0 Å². The highest BCUT2D eigenvalue weighted by Gasteiger charge is 2.49. The number of halogens is 3. The van der Waals surface area contributed by atoms with Crippen molar-refractivity contribution in [2.24, 2.45) is 5.92 Å². The summed E-state index contributed by atoms with van der Waals surface area (Å²) in [7, 11) is 0. The molecule has 0 unspecified atom stereocenters. The quantitative estimate of drug-likeness (QED) is 0.605. The van der Waals surface area contributed by atoms with Crippen molar-refractivity contribution in [1.82, 2.24) is 5.32 Å². The first kappa shape index (κ1) is 12.3. The third kappa shape index (κ3) is 3.35. The molecule has 0 bridgehead atoms. The van der Waals surface area contributed by atoms with Gasteiger partial charge in [-0.25, -0.2) is 4.79 Å². The van der Waals surface area contributed by atoms with Crippen LogP contribution in [0.4, 0.5) is 13.2 Å². The fraction of sp³-hybridized carbons (Fsp3) is 0.875. The molecule has 0 spiro atoms. The first-order valence-electron chi connectivity index (χ1n) is 4.49. The average Bonchev–Trinajstić information content (AvgIpc) is 2.62. The van der Waals surface area contributed by atoms with Gasteiger partial charge in [-0.15, -0.1) is 0 Å². The van der Waals surface area contributed by atoms with Gasteiger partial charge in [0, 0.05) is 19.0 Å².